The molecule has 1 aromatic carbocycles. The molecule has 9 nitrogen and oxygen atoms in total. The van der Waals surface area contributed by atoms with Crippen molar-refractivity contribution in [2.24, 2.45) is 0 Å². The van der Waals surface area contributed by atoms with Gasteiger partial charge < -0.3 is 29.6 Å². The molecule has 1 aliphatic heterocycles. The first-order valence-electron chi connectivity index (χ1n) is 11.9. The molecule has 4 rings (SSSR count). The monoisotopic (exact) mass is 488 g/mol. The summed E-state index contributed by atoms with van der Waals surface area (Å²) in [4.78, 5) is 25.2. The highest BCUT2D eigenvalue weighted by Crippen LogP contribution is 2.31. The first kappa shape index (κ1) is 25.1. The summed E-state index contributed by atoms with van der Waals surface area (Å²) in [5.74, 6) is 8.23. The van der Waals surface area contributed by atoms with Crippen LogP contribution in [-0.4, -0.2) is 78.2 Å². The van der Waals surface area contributed by atoms with Crippen molar-refractivity contribution in [1.82, 2.24) is 24.3 Å². The molecule has 1 amide bonds. The third kappa shape index (κ3) is 5.61. The summed E-state index contributed by atoms with van der Waals surface area (Å²) in [6.45, 7) is 2.10. The number of nitrogens with two attached hydrogens (primary N) is 1. The fraction of sp³-hybridized carbons (Fsp3) is 0.370. The van der Waals surface area contributed by atoms with Gasteiger partial charge in [0.2, 0.25) is 5.91 Å². The van der Waals surface area contributed by atoms with Gasteiger partial charge in [-0.3, -0.25) is 4.79 Å². The van der Waals surface area contributed by atoms with Crippen LogP contribution in [0.5, 0.6) is 11.5 Å². The van der Waals surface area contributed by atoms with E-state index >= 15 is 0 Å². The predicted octanol–water partition coefficient (Wildman–Crippen LogP) is 2.71. The van der Waals surface area contributed by atoms with Gasteiger partial charge in [0.1, 0.15) is 29.3 Å². The highest BCUT2D eigenvalue weighted by molar-refractivity contribution is 5.92. The lowest BCUT2D eigenvalue weighted by Crippen LogP contribution is -2.38. The van der Waals surface area contributed by atoms with E-state index in [0.29, 0.717) is 30.4 Å². The zero-order valence-electron chi connectivity index (χ0n) is 21.2. The first-order valence-corrected chi connectivity index (χ1v) is 11.9. The van der Waals surface area contributed by atoms with Gasteiger partial charge in [0.15, 0.2) is 0 Å². The maximum absolute atomic E-state index is 12.5. The number of fused-ring (bicyclic) bond motifs is 1. The molecule has 0 radical (unpaired) electrons. The minimum absolute atomic E-state index is 0.0551. The molecule has 188 valence electrons. The van der Waals surface area contributed by atoms with Gasteiger partial charge in [-0.15, -0.1) is 0 Å². The minimum Gasteiger partial charge on any atom is -0.497 e. The number of carbonyl (C=O) groups is 1. The molecule has 3 heterocycles. The minimum atomic E-state index is 0.0551. The van der Waals surface area contributed by atoms with Crippen molar-refractivity contribution < 1.29 is 14.3 Å². The number of hydrogen-bond donors (Lipinski definition) is 1. The second kappa shape index (κ2) is 11.1. The summed E-state index contributed by atoms with van der Waals surface area (Å²) in [5, 5.41) is 0.741. The Bertz CT molecular complexity index is 1300. The summed E-state index contributed by atoms with van der Waals surface area (Å²) >= 11 is 0. The zero-order valence-corrected chi connectivity index (χ0v) is 21.2. The quantitative estimate of drug-likeness (QED) is 0.421. The third-order valence-electron chi connectivity index (χ3n) is 6.23. The third-order valence-corrected chi connectivity index (χ3v) is 6.23. The van der Waals surface area contributed by atoms with Crippen molar-refractivity contribution >= 4 is 22.8 Å². The lowest BCUT2D eigenvalue weighted by Gasteiger charge is -2.32. The number of ether oxygens (including phenoxy) is 2. The van der Waals surface area contributed by atoms with E-state index in [1.54, 1.807) is 26.4 Å². The number of likely N-dealkylation sites (tertiary alicyclic amines) is 1. The van der Waals surface area contributed by atoms with Crippen LogP contribution < -0.4 is 15.2 Å². The number of amides is 1. The smallest absolute Gasteiger partial charge is 0.246 e. The van der Waals surface area contributed by atoms with E-state index in [1.807, 2.05) is 48.3 Å². The van der Waals surface area contributed by atoms with Gasteiger partial charge in [0.05, 0.1) is 25.2 Å². The molecule has 0 unspecified atom stereocenters. The van der Waals surface area contributed by atoms with Crippen LogP contribution in [0.2, 0.25) is 0 Å². The molecule has 1 aliphatic rings. The van der Waals surface area contributed by atoms with Crippen LogP contribution in [0.1, 0.15) is 30.0 Å². The van der Waals surface area contributed by atoms with Crippen LogP contribution in [0.4, 0.5) is 5.82 Å². The van der Waals surface area contributed by atoms with Crippen molar-refractivity contribution in [2.75, 3.05) is 53.7 Å². The Morgan fingerprint density at radius 2 is 1.83 bits per heavy atom. The van der Waals surface area contributed by atoms with E-state index in [-0.39, 0.29) is 11.9 Å². The van der Waals surface area contributed by atoms with Crippen LogP contribution in [0.25, 0.3) is 11.0 Å². The Morgan fingerprint density at radius 1 is 1.14 bits per heavy atom. The van der Waals surface area contributed by atoms with Crippen molar-refractivity contribution in [2.45, 2.75) is 18.9 Å². The Kier molecular flexibility index (Phi) is 7.76. The fourth-order valence-electron chi connectivity index (χ4n) is 4.33. The Balaban J connectivity index is 1.58. The Hall–Kier alpha value is -4.03. The first-order chi connectivity index (χ1) is 17.4. The van der Waals surface area contributed by atoms with Crippen molar-refractivity contribution in [1.29, 1.82) is 0 Å². The topological polar surface area (TPSA) is 98.7 Å². The molecule has 36 heavy (non-hydrogen) atoms. The summed E-state index contributed by atoms with van der Waals surface area (Å²) in [5.41, 5.74) is 8.53. The average Bonchev–Trinajstić information content (AvgIpc) is 3.27. The number of benzene rings is 1. The summed E-state index contributed by atoms with van der Waals surface area (Å²) in [7, 11) is 7.17. The van der Waals surface area contributed by atoms with Gasteiger partial charge in [0.25, 0.3) is 0 Å². The number of aromatic nitrogens is 3. The molecule has 0 bridgehead atoms. The van der Waals surface area contributed by atoms with Gasteiger partial charge in [0, 0.05) is 49.6 Å². The van der Waals surface area contributed by atoms with E-state index in [9.17, 15) is 4.79 Å². The molecule has 9 heteroatoms. The van der Waals surface area contributed by atoms with Crippen LogP contribution in [-0.2, 0) is 4.79 Å². The van der Waals surface area contributed by atoms with Gasteiger partial charge in [-0.1, -0.05) is 17.9 Å². The molecule has 3 aromatic rings. The number of rotatable bonds is 6. The van der Waals surface area contributed by atoms with E-state index in [2.05, 4.69) is 26.4 Å². The van der Waals surface area contributed by atoms with E-state index in [1.165, 1.54) is 6.33 Å². The lowest BCUT2D eigenvalue weighted by atomic mass is 10.0. The van der Waals surface area contributed by atoms with Gasteiger partial charge in [-0.25, -0.2) is 9.97 Å². The number of nitrogens with zero attached hydrogens (tertiary/aromatic N) is 5. The van der Waals surface area contributed by atoms with Gasteiger partial charge in [-0.05, 0) is 39.1 Å². The SMILES string of the molecule is COc1cc(C#Cc2cn(C3CCN(C(=O)C=CCN(C)C)CC3)c3ncnc(N)c23)cc(OC)c1. The Morgan fingerprint density at radius 3 is 2.47 bits per heavy atom. The molecule has 1 fully saturated rings. The molecular weight excluding hydrogens is 456 g/mol. The number of methoxy groups -OCH3 is 2. The largest absolute Gasteiger partial charge is 0.497 e. The molecule has 1 saturated heterocycles. The van der Waals surface area contributed by atoms with E-state index < -0.39 is 0 Å². The number of carbonyl (C=O) groups excluding carboxylic acids is 1. The second-order valence-corrected chi connectivity index (χ2v) is 8.98. The maximum Gasteiger partial charge on any atom is 0.246 e. The fourth-order valence-corrected chi connectivity index (χ4v) is 4.33. The second-order valence-electron chi connectivity index (χ2n) is 8.98. The Labute approximate surface area is 211 Å². The highest BCUT2D eigenvalue weighted by atomic mass is 16.5. The number of likely N-dealkylation sites (N-methyl/N-ethyl adjacent to an activating group) is 1. The normalized spacial score (nSPS) is 14.3. The highest BCUT2D eigenvalue weighted by Gasteiger charge is 2.25. The summed E-state index contributed by atoms with van der Waals surface area (Å²) in [6.07, 6.45) is 8.69. The van der Waals surface area contributed by atoms with Crippen molar-refractivity contribution in [3.8, 4) is 23.3 Å². The van der Waals surface area contributed by atoms with Crippen LogP contribution >= 0.6 is 0 Å². The molecule has 0 spiro atoms. The molecule has 0 saturated carbocycles. The standard InChI is InChI=1S/C27H32N6O3/c1-31(2)11-5-6-24(34)32-12-9-21(10-13-32)33-17-20(25-26(28)29-18-30-27(25)33)8-7-19-14-22(35-3)16-23(15-19)36-4/h5-6,14-18,21H,9-13H2,1-4H3,(H2,28,29,30). The van der Waals surface area contributed by atoms with Crippen LogP contribution in [0.3, 0.4) is 0 Å². The predicted molar refractivity (Wildman–Crippen MR) is 140 cm³/mol. The lowest BCUT2D eigenvalue weighted by molar-refractivity contribution is -0.127. The van der Waals surface area contributed by atoms with Crippen molar-refractivity contribution in [3.63, 3.8) is 0 Å². The molecule has 0 aliphatic carbocycles. The number of hydrogen-bond acceptors (Lipinski definition) is 7. The van der Waals surface area contributed by atoms with E-state index in [0.717, 1.165) is 41.5 Å². The molecule has 2 aromatic heterocycles. The molecule has 0 atom stereocenters. The summed E-state index contributed by atoms with van der Waals surface area (Å²) < 4.78 is 12.8. The number of anilines is 1. The van der Waals surface area contributed by atoms with Crippen LogP contribution in [0, 0.1) is 11.8 Å². The number of nitrogen functional groups attached to an aromatic ring is 1. The van der Waals surface area contributed by atoms with Crippen molar-refractivity contribution in [3.05, 3.63) is 54.0 Å². The molecule has 2 N–H and O–H groups in total. The number of piperidine rings is 1. The molecular formula is C27H32N6O3. The van der Waals surface area contributed by atoms with Gasteiger partial charge >= 0.3 is 0 Å². The average molecular weight is 489 g/mol. The summed E-state index contributed by atoms with van der Waals surface area (Å²) in [6, 6.07) is 5.70. The van der Waals surface area contributed by atoms with Gasteiger partial charge in [-0.2, -0.15) is 0 Å². The van der Waals surface area contributed by atoms with E-state index in [4.69, 9.17) is 15.2 Å². The zero-order chi connectivity index (χ0) is 25.7. The van der Waals surface area contributed by atoms with Crippen LogP contribution in [0.15, 0.2) is 42.9 Å². The maximum atomic E-state index is 12.5.